The quantitative estimate of drug-likeness (QED) is 0.778. The Morgan fingerprint density at radius 1 is 1.14 bits per heavy atom. The van der Waals surface area contributed by atoms with Gasteiger partial charge in [-0.25, -0.2) is 4.39 Å². The summed E-state index contributed by atoms with van der Waals surface area (Å²) in [6.45, 7) is 0. The first-order chi connectivity index (χ1) is 10.2. The van der Waals surface area contributed by atoms with Crippen LogP contribution in [-0.4, -0.2) is 12.0 Å². The van der Waals surface area contributed by atoms with Crippen LogP contribution in [0.3, 0.4) is 0 Å². The Morgan fingerprint density at radius 2 is 2.00 bits per heavy atom. The molecule has 0 aliphatic carbocycles. The van der Waals surface area contributed by atoms with Crippen molar-refractivity contribution in [2.75, 3.05) is 7.05 Å². The van der Waals surface area contributed by atoms with Crippen LogP contribution < -0.4 is 5.32 Å². The van der Waals surface area contributed by atoms with Gasteiger partial charge in [-0.05, 0) is 42.9 Å². The van der Waals surface area contributed by atoms with Gasteiger partial charge in [-0.1, -0.05) is 29.8 Å². The maximum Gasteiger partial charge on any atom is 0.128 e. The Bertz CT molecular complexity index is 789. The van der Waals surface area contributed by atoms with Gasteiger partial charge >= 0.3 is 0 Å². The largest absolute Gasteiger partial charge is 0.309 e. The van der Waals surface area contributed by atoms with Crippen molar-refractivity contribution in [1.82, 2.24) is 10.3 Å². The zero-order valence-electron chi connectivity index (χ0n) is 11.5. The van der Waals surface area contributed by atoms with E-state index in [1.54, 1.807) is 25.4 Å². The molecule has 0 aliphatic heterocycles. The molecule has 0 saturated carbocycles. The van der Waals surface area contributed by atoms with Gasteiger partial charge in [-0.15, -0.1) is 0 Å². The average Bonchev–Trinajstić information content (AvgIpc) is 2.51. The molecule has 21 heavy (non-hydrogen) atoms. The molecule has 1 N–H and O–H groups in total. The van der Waals surface area contributed by atoms with Crippen molar-refractivity contribution in [2.45, 2.75) is 6.04 Å². The molecule has 0 saturated heterocycles. The fourth-order valence-electron chi connectivity index (χ4n) is 2.50. The van der Waals surface area contributed by atoms with E-state index in [0.29, 0.717) is 10.6 Å². The average molecular weight is 301 g/mol. The molecule has 0 fully saturated rings. The van der Waals surface area contributed by atoms with Gasteiger partial charge in [0.25, 0.3) is 0 Å². The Balaban J connectivity index is 2.11. The zero-order valence-corrected chi connectivity index (χ0v) is 12.2. The number of nitrogens with zero attached hydrogens (tertiary/aromatic N) is 1. The van der Waals surface area contributed by atoms with Crippen LogP contribution in [0.25, 0.3) is 10.9 Å². The van der Waals surface area contributed by atoms with E-state index in [-0.39, 0.29) is 11.9 Å². The standard InChI is InChI=1S/C17H14ClFN2/c1-20-17(14-10-13(18)6-7-15(14)19)12-5-4-11-3-2-8-21-16(11)9-12/h2-10,17,20H,1H3. The molecule has 0 radical (unpaired) electrons. The summed E-state index contributed by atoms with van der Waals surface area (Å²) in [4.78, 5) is 4.34. The number of aromatic nitrogens is 1. The highest BCUT2D eigenvalue weighted by Crippen LogP contribution is 2.28. The van der Waals surface area contributed by atoms with E-state index >= 15 is 0 Å². The van der Waals surface area contributed by atoms with Crippen LogP contribution in [0, 0.1) is 5.82 Å². The highest BCUT2D eigenvalue weighted by Gasteiger charge is 2.17. The normalized spacial score (nSPS) is 12.5. The zero-order chi connectivity index (χ0) is 14.8. The maximum absolute atomic E-state index is 14.1. The molecule has 1 heterocycles. The van der Waals surface area contributed by atoms with E-state index in [9.17, 15) is 4.39 Å². The Labute approximate surface area is 127 Å². The molecule has 106 valence electrons. The molecule has 3 aromatic rings. The number of nitrogens with one attached hydrogen (secondary N) is 1. The van der Waals surface area contributed by atoms with E-state index in [2.05, 4.69) is 10.3 Å². The minimum Gasteiger partial charge on any atom is -0.309 e. The summed E-state index contributed by atoms with van der Waals surface area (Å²) in [5, 5.41) is 4.72. The Hall–Kier alpha value is -1.97. The van der Waals surface area contributed by atoms with E-state index in [1.165, 1.54) is 6.07 Å². The second-order valence-electron chi connectivity index (χ2n) is 4.84. The monoisotopic (exact) mass is 300 g/mol. The van der Waals surface area contributed by atoms with Crippen LogP contribution >= 0.6 is 11.6 Å². The summed E-state index contributed by atoms with van der Waals surface area (Å²) in [6.07, 6.45) is 1.75. The van der Waals surface area contributed by atoms with E-state index in [4.69, 9.17) is 11.6 Å². The molecule has 1 atom stereocenters. The number of pyridine rings is 1. The first-order valence-electron chi connectivity index (χ1n) is 6.66. The van der Waals surface area contributed by atoms with Crippen molar-refractivity contribution < 1.29 is 4.39 Å². The van der Waals surface area contributed by atoms with Gasteiger partial charge in [-0.2, -0.15) is 0 Å². The second kappa shape index (κ2) is 5.80. The smallest absolute Gasteiger partial charge is 0.128 e. The van der Waals surface area contributed by atoms with Gasteiger partial charge in [0.1, 0.15) is 5.82 Å². The molecular weight excluding hydrogens is 287 g/mol. The second-order valence-corrected chi connectivity index (χ2v) is 5.28. The molecule has 3 rings (SSSR count). The summed E-state index contributed by atoms with van der Waals surface area (Å²) in [6, 6.07) is 14.2. The van der Waals surface area contributed by atoms with Gasteiger partial charge in [0, 0.05) is 22.2 Å². The summed E-state index contributed by atoms with van der Waals surface area (Å²) >= 11 is 5.99. The van der Waals surface area contributed by atoms with Gasteiger partial charge in [0.2, 0.25) is 0 Å². The van der Waals surface area contributed by atoms with Gasteiger partial charge in [-0.3, -0.25) is 4.98 Å². The van der Waals surface area contributed by atoms with Crippen molar-refractivity contribution in [3.63, 3.8) is 0 Å². The third-order valence-corrected chi connectivity index (χ3v) is 3.76. The maximum atomic E-state index is 14.1. The molecule has 2 aromatic carbocycles. The molecule has 2 nitrogen and oxygen atoms in total. The third kappa shape index (κ3) is 2.75. The highest BCUT2D eigenvalue weighted by atomic mass is 35.5. The minimum absolute atomic E-state index is 0.268. The van der Waals surface area contributed by atoms with Crippen LogP contribution in [0.4, 0.5) is 4.39 Å². The van der Waals surface area contributed by atoms with E-state index in [1.807, 2.05) is 30.3 Å². The Morgan fingerprint density at radius 3 is 2.81 bits per heavy atom. The summed E-state index contributed by atoms with van der Waals surface area (Å²) < 4.78 is 14.1. The van der Waals surface area contributed by atoms with Crippen LogP contribution in [0.15, 0.2) is 54.7 Å². The molecule has 0 spiro atoms. The lowest BCUT2D eigenvalue weighted by Crippen LogP contribution is -2.19. The van der Waals surface area contributed by atoms with Crippen molar-refractivity contribution in [3.8, 4) is 0 Å². The van der Waals surface area contributed by atoms with Crippen LogP contribution in [0.2, 0.25) is 5.02 Å². The predicted molar refractivity (Wildman–Crippen MR) is 84.1 cm³/mol. The van der Waals surface area contributed by atoms with E-state index < -0.39 is 0 Å². The number of halogens is 2. The van der Waals surface area contributed by atoms with Gasteiger partial charge < -0.3 is 5.32 Å². The molecular formula is C17H14ClFN2. The fourth-order valence-corrected chi connectivity index (χ4v) is 2.68. The van der Waals surface area contributed by atoms with E-state index in [0.717, 1.165) is 16.5 Å². The number of hydrogen-bond donors (Lipinski definition) is 1. The molecule has 0 aliphatic rings. The van der Waals surface area contributed by atoms with Crippen molar-refractivity contribution in [3.05, 3.63) is 76.7 Å². The summed E-state index contributed by atoms with van der Waals surface area (Å²) in [5.41, 5.74) is 2.36. The van der Waals surface area contributed by atoms with Crippen LogP contribution in [0.5, 0.6) is 0 Å². The van der Waals surface area contributed by atoms with Crippen LogP contribution in [0.1, 0.15) is 17.2 Å². The number of hydrogen-bond acceptors (Lipinski definition) is 2. The SMILES string of the molecule is CNC(c1ccc2cccnc2c1)c1cc(Cl)ccc1F. The van der Waals surface area contributed by atoms with Gasteiger partial charge in [0.15, 0.2) is 0 Å². The molecule has 1 aromatic heterocycles. The highest BCUT2D eigenvalue weighted by molar-refractivity contribution is 6.30. The van der Waals surface area contributed by atoms with Crippen LogP contribution in [-0.2, 0) is 0 Å². The third-order valence-electron chi connectivity index (χ3n) is 3.52. The van der Waals surface area contributed by atoms with Crippen molar-refractivity contribution in [1.29, 1.82) is 0 Å². The molecule has 1 unspecified atom stereocenters. The topological polar surface area (TPSA) is 24.9 Å². The molecule has 4 heteroatoms. The molecule has 0 amide bonds. The predicted octanol–water partition coefficient (Wildman–Crippen LogP) is 4.34. The van der Waals surface area contributed by atoms with Crippen molar-refractivity contribution in [2.24, 2.45) is 0 Å². The number of rotatable bonds is 3. The Kier molecular flexibility index (Phi) is 3.86. The lowest BCUT2D eigenvalue weighted by atomic mass is 9.97. The lowest BCUT2D eigenvalue weighted by Gasteiger charge is -2.18. The summed E-state index contributed by atoms with van der Waals surface area (Å²) in [5.74, 6) is -0.278. The summed E-state index contributed by atoms with van der Waals surface area (Å²) in [7, 11) is 1.80. The first-order valence-corrected chi connectivity index (χ1v) is 7.04. The fraction of sp³-hybridized carbons (Fsp3) is 0.118. The number of fused-ring (bicyclic) bond motifs is 1. The van der Waals surface area contributed by atoms with Crippen molar-refractivity contribution >= 4 is 22.5 Å². The minimum atomic E-state index is -0.278. The lowest BCUT2D eigenvalue weighted by molar-refractivity contribution is 0.576. The van der Waals surface area contributed by atoms with Gasteiger partial charge in [0.05, 0.1) is 11.6 Å². The number of benzene rings is 2. The first kappa shape index (κ1) is 14.0. The molecule has 0 bridgehead atoms.